The highest BCUT2D eigenvalue weighted by molar-refractivity contribution is 7.89. The molecule has 0 atom stereocenters. The van der Waals surface area contributed by atoms with E-state index in [1.807, 2.05) is 60.7 Å². The lowest BCUT2D eigenvalue weighted by atomic mass is 10.2. The van der Waals surface area contributed by atoms with Crippen LogP contribution in [0.4, 0.5) is 5.69 Å². The summed E-state index contributed by atoms with van der Waals surface area (Å²) in [4.78, 5) is 12.9. The van der Waals surface area contributed by atoms with E-state index in [0.29, 0.717) is 6.54 Å². The summed E-state index contributed by atoms with van der Waals surface area (Å²) in [6.45, 7) is 0.315. The van der Waals surface area contributed by atoms with Crippen LogP contribution < -0.4 is 15.2 Å². The van der Waals surface area contributed by atoms with Gasteiger partial charge in [-0.15, -0.1) is 6.42 Å². The van der Waals surface area contributed by atoms with Gasteiger partial charge in [0, 0.05) is 5.56 Å². The number of rotatable bonds is 8. The molecule has 152 valence electrons. The Balaban J connectivity index is 1.84. The van der Waals surface area contributed by atoms with Crippen LogP contribution in [0, 0.1) is 12.3 Å². The summed E-state index contributed by atoms with van der Waals surface area (Å²) in [5.41, 5.74) is 4.89. The second-order valence-corrected chi connectivity index (χ2v) is 8.17. The number of sulfonamides is 1. The topological polar surface area (TPSA) is 78.5 Å². The number of anilines is 1. The van der Waals surface area contributed by atoms with Gasteiger partial charge in [0.2, 0.25) is 10.0 Å². The van der Waals surface area contributed by atoms with Crippen molar-refractivity contribution in [2.75, 3.05) is 11.6 Å². The molecule has 0 saturated carbocycles. The van der Waals surface area contributed by atoms with Crippen molar-refractivity contribution in [1.29, 1.82) is 0 Å². The van der Waals surface area contributed by atoms with Crippen LogP contribution >= 0.6 is 0 Å². The third-order valence-corrected chi connectivity index (χ3v) is 5.66. The molecule has 0 spiro atoms. The molecular weight excluding hydrogens is 398 g/mol. The summed E-state index contributed by atoms with van der Waals surface area (Å²) >= 11 is 0. The first-order valence-corrected chi connectivity index (χ1v) is 10.7. The number of hydrogen-bond donors (Lipinski definition) is 2. The monoisotopic (exact) mass is 419 g/mol. The standard InChI is InChI=1S/C23H21N3O3S/c1-2-16-24-30(28,29)22-15-9-12-20(17-22)23(27)25-26(21-13-7-4-8-14-21)18-19-10-5-3-6-11-19/h1,3-15,17,24H,16,18H2,(H,25,27). The summed E-state index contributed by atoms with van der Waals surface area (Å²) < 4.78 is 26.9. The minimum Gasteiger partial charge on any atom is -0.281 e. The fraction of sp³-hybridized carbons (Fsp3) is 0.0870. The van der Waals surface area contributed by atoms with E-state index in [9.17, 15) is 13.2 Å². The van der Waals surface area contributed by atoms with Gasteiger partial charge in [0.05, 0.1) is 23.7 Å². The van der Waals surface area contributed by atoms with Gasteiger partial charge in [0.1, 0.15) is 0 Å². The van der Waals surface area contributed by atoms with Crippen LogP contribution in [0.15, 0.2) is 89.8 Å². The van der Waals surface area contributed by atoms with Gasteiger partial charge in [-0.3, -0.25) is 15.2 Å². The molecule has 0 aliphatic carbocycles. The maximum Gasteiger partial charge on any atom is 0.269 e. The van der Waals surface area contributed by atoms with Gasteiger partial charge in [0.25, 0.3) is 5.91 Å². The Hall–Kier alpha value is -3.60. The maximum absolute atomic E-state index is 12.9. The highest BCUT2D eigenvalue weighted by Gasteiger charge is 2.17. The quantitative estimate of drug-likeness (QED) is 0.435. The lowest BCUT2D eigenvalue weighted by Gasteiger charge is -2.25. The van der Waals surface area contributed by atoms with Crippen LogP contribution in [0.1, 0.15) is 15.9 Å². The molecule has 0 unspecified atom stereocenters. The molecule has 1 amide bonds. The Kier molecular flexibility index (Phi) is 6.86. The van der Waals surface area contributed by atoms with E-state index in [-0.39, 0.29) is 17.0 Å². The number of nitrogens with one attached hydrogen (secondary N) is 2. The Morgan fingerprint density at radius 2 is 1.60 bits per heavy atom. The van der Waals surface area contributed by atoms with Crippen LogP contribution in [-0.4, -0.2) is 20.9 Å². The van der Waals surface area contributed by atoms with Gasteiger partial charge in [0.15, 0.2) is 0 Å². The van der Waals surface area contributed by atoms with E-state index in [0.717, 1.165) is 11.3 Å². The van der Waals surface area contributed by atoms with E-state index in [2.05, 4.69) is 16.1 Å². The molecule has 30 heavy (non-hydrogen) atoms. The predicted molar refractivity (Wildman–Crippen MR) is 117 cm³/mol. The summed E-state index contributed by atoms with van der Waals surface area (Å²) in [7, 11) is -3.79. The molecule has 3 aromatic rings. The number of terminal acetylenes is 1. The smallest absolute Gasteiger partial charge is 0.269 e. The highest BCUT2D eigenvalue weighted by atomic mass is 32.2. The van der Waals surface area contributed by atoms with Crippen molar-refractivity contribution in [2.24, 2.45) is 0 Å². The Labute approximate surface area is 176 Å². The molecule has 6 nitrogen and oxygen atoms in total. The first-order valence-electron chi connectivity index (χ1n) is 9.20. The largest absolute Gasteiger partial charge is 0.281 e. The van der Waals surface area contributed by atoms with Crippen LogP contribution in [0.2, 0.25) is 0 Å². The molecule has 0 bridgehead atoms. The molecule has 0 aliphatic rings. The number of para-hydroxylation sites is 1. The van der Waals surface area contributed by atoms with Crippen molar-refractivity contribution in [3.05, 3.63) is 96.1 Å². The van der Waals surface area contributed by atoms with Crippen molar-refractivity contribution >= 4 is 21.6 Å². The fourth-order valence-electron chi connectivity index (χ4n) is 2.78. The molecule has 3 aromatic carbocycles. The number of carbonyl (C=O) groups is 1. The van der Waals surface area contributed by atoms with Crippen molar-refractivity contribution in [3.8, 4) is 12.3 Å². The van der Waals surface area contributed by atoms with E-state index in [1.54, 1.807) is 11.1 Å². The normalized spacial score (nSPS) is 10.8. The zero-order valence-corrected chi connectivity index (χ0v) is 17.0. The fourth-order valence-corrected chi connectivity index (χ4v) is 3.76. The zero-order chi connectivity index (χ0) is 21.4. The Bertz CT molecular complexity index is 1140. The van der Waals surface area contributed by atoms with Gasteiger partial charge >= 0.3 is 0 Å². The molecule has 0 radical (unpaired) electrons. The van der Waals surface area contributed by atoms with E-state index >= 15 is 0 Å². The molecule has 0 fully saturated rings. The average Bonchev–Trinajstić information content (AvgIpc) is 2.78. The second kappa shape index (κ2) is 9.74. The van der Waals surface area contributed by atoms with E-state index in [1.165, 1.54) is 18.2 Å². The number of nitrogens with zero attached hydrogens (tertiary/aromatic N) is 1. The van der Waals surface area contributed by atoms with Crippen LogP contribution in [0.5, 0.6) is 0 Å². The first kappa shape index (κ1) is 21.1. The molecule has 0 aromatic heterocycles. The zero-order valence-electron chi connectivity index (χ0n) is 16.2. The third kappa shape index (κ3) is 5.47. The predicted octanol–water partition coefficient (Wildman–Crippen LogP) is 2.95. The van der Waals surface area contributed by atoms with Gasteiger partial charge in [-0.25, -0.2) is 8.42 Å². The minimum absolute atomic E-state index is 0.0280. The molecule has 7 heteroatoms. The van der Waals surface area contributed by atoms with Crippen molar-refractivity contribution in [2.45, 2.75) is 11.4 Å². The lowest BCUT2D eigenvalue weighted by molar-refractivity contribution is 0.0948. The van der Waals surface area contributed by atoms with Gasteiger partial charge in [-0.1, -0.05) is 60.5 Å². The summed E-state index contributed by atoms with van der Waals surface area (Å²) in [5.74, 6) is 1.80. The van der Waals surface area contributed by atoms with Gasteiger partial charge in [-0.05, 0) is 35.9 Å². The highest BCUT2D eigenvalue weighted by Crippen LogP contribution is 2.16. The lowest BCUT2D eigenvalue weighted by Crippen LogP contribution is -2.42. The van der Waals surface area contributed by atoms with Crippen molar-refractivity contribution < 1.29 is 13.2 Å². The summed E-state index contributed by atoms with van der Waals surface area (Å²) in [5, 5.41) is 1.72. The molecular formula is C23H21N3O3S. The molecule has 2 N–H and O–H groups in total. The number of benzene rings is 3. The number of carbonyl (C=O) groups excluding carboxylic acids is 1. The van der Waals surface area contributed by atoms with Crippen molar-refractivity contribution in [1.82, 2.24) is 10.1 Å². The summed E-state index contributed by atoms with van der Waals surface area (Å²) in [6.07, 6.45) is 5.12. The van der Waals surface area contributed by atoms with Crippen LogP contribution in [0.3, 0.4) is 0 Å². The average molecular weight is 420 g/mol. The maximum atomic E-state index is 12.9. The van der Waals surface area contributed by atoms with Crippen LogP contribution in [-0.2, 0) is 16.6 Å². The summed E-state index contributed by atoms with van der Waals surface area (Å²) in [6, 6.07) is 24.9. The van der Waals surface area contributed by atoms with Gasteiger partial charge in [-0.2, -0.15) is 4.72 Å². The minimum atomic E-state index is -3.79. The van der Waals surface area contributed by atoms with Gasteiger partial charge < -0.3 is 0 Å². The molecule has 0 saturated heterocycles. The number of amides is 1. The second-order valence-electron chi connectivity index (χ2n) is 6.40. The first-order chi connectivity index (χ1) is 14.5. The molecule has 0 heterocycles. The SMILES string of the molecule is C#CCNS(=O)(=O)c1cccc(C(=O)NN(Cc2ccccc2)c2ccccc2)c1. The Morgan fingerprint density at radius 1 is 0.933 bits per heavy atom. The number of hydrogen-bond acceptors (Lipinski definition) is 4. The molecule has 3 rings (SSSR count). The molecule has 0 aliphatic heterocycles. The van der Waals surface area contributed by atoms with E-state index < -0.39 is 15.9 Å². The Morgan fingerprint density at radius 3 is 2.27 bits per heavy atom. The van der Waals surface area contributed by atoms with E-state index in [4.69, 9.17) is 6.42 Å². The number of hydrazine groups is 1. The van der Waals surface area contributed by atoms with Crippen molar-refractivity contribution in [3.63, 3.8) is 0 Å². The van der Waals surface area contributed by atoms with Crippen LogP contribution in [0.25, 0.3) is 0 Å². The third-order valence-electron chi connectivity index (χ3n) is 4.26.